The molecule has 1 fully saturated rings. The van der Waals surface area contributed by atoms with E-state index >= 15 is 0 Å². The Morgan fingerprint density at radius 3 is 3.16 bits per heavy atom. The summed E-state index contributed by atoms with van der Waals surface area (Å²) < 4.78 is 5.03. The fourth-order valence-corrected chi connectivity index (χ4v) is 2.41. The molecule has 0 radical (unpaired) electrons. The molecule has 8 nitrogen and oxygen atoms in total. The molecule has 0 spiro atoms. The number of morpholine rings is 1. The van der Waals surface area contributed by atoms with Crippen LogP contribution in [0.1, 0.15) is 5.69 Å². The summed E-state index contributed by atoms with van der Waals surface area (Å²) in [5.41, 5.74) is 0.719. The number of carbonyl (C=O) groups excluding carboxylic acids is 1. The SMILES string of the molecule is NN(C(=O)O)c1nc(CCN2CCOCC2=O)cs1. The van der Waals surface area contributed by atoms with Gasteiger partial charge >= 0.3 is 6.09 Å². The van der Waals surface area contributed by atoms with Gasteiger partial charge in [0.15, 0.2) is 0 Å². The van der Waals surface area contributed by atoms with Crippen LogP contribution in [0.5, 0.6) is 0 Å². The number of rotatable bonds is 4. The molecule has 9 heteroatoms. The van der Waals surface area contributed by atoms with E-state index in [1.165, 1.54) is 0 Å². The molecule has 2 heterocycles. The van der Waals surface area contributed by atoms with Gasteiger partial charge in [0.25, 0.3) is 0 Å². The van der Waals surface area contributed by atoms with E-state index in [9.17, 15) is 9.59 Å². The van der Waals surface area contributed by atoms with Gasteiger partial charge in [0, 0.05) is 24.9 Å². The zero-order valence-corrected chi connectivity index (χ0v) is 10.9. The third-order valence-electron chi connectivity index (χ3n) is 2.67. The minimum atomic E-state index is -1.26. The van der Waals surface area contributed by atoms with Gasteiger partial charge < -0.3 is 14.7 Å². The predicted molar refractivity (Wildman–Crippen MR) is 67.9 cm³/mol. The zero-order chi connectivity index (χ0) is 13.8. The van der Waals surface area contributed by atoms with Crippen molar-refractivity contribution in [3.63, 3.8) is 0 Å². The number of carboxylic acid groups (broad SMARTS) is 1. The molecule has 0 bridgehead atoms. The highest BCUT2D eigenvalue weighted by atomic mass is 32.1. The second-order valence-corrected chi connectivity index (χ2v) is 4.79. The van der Waals surface area contributed by atoms with Gasteiger partial charge in [0.2, 0.25) is 11.0 Å². The van der Waals surface area contributed by atoms with Crippen LogP contribution in [0.2, 0.25) is 0 Å². The Balaban J connectivity index is 1.89. The first kappa shape index (κ1) is 13.7. The largest absolute Gasteiger partial charge is 0.464 e. The van der Waals surface area contributed by atoms with E-state index in [1.807, 2.05) is 0 Å². The molecule has 104 valence electrons. The number of thiazole rings is 1. The van der Waals surface area contributed by atoms with E-state index in [4.69, 9.17) is 15.7 Å². The van der Waals surface area contributed by atoms with E-state index in [2.05, 4.69) is 4.98 Å². The number of anilines is 1. The van der Waals surface area contributed by atoms with Gasteiger partial charge in [-0.05, 0) is 0 Å². The molecule has 0 aliphatic carbocycles. The maximum atomic E-state index is 11.5. The Morgan fingerprint density at radius 2 is 2.47 bits per heavy atom. The lowest BCUT2D eigenvalue weighted by Crippen LogP contribution is -2.42. The summed E-state index contributed by atoms with van der Waals surface area (Å²) in [4.78, 5) is 28.0. The Bertz CT molecular complexity index is 478. The first-order chi connectivity index (χ1) is 9.08. The smallest absolute Gasteiger partial charge is 0.428 e. The van der Waals surface area contributed by atoms with Gasteiger partial charge in [-0.1, -0.05) is 0 Å². The Kier molecular flexibility index (Phi) is 4.30. The van der Waals surface area contributed by atoms with Gasteiger partial charge in [-0.3, -0.25) is 4.79 Å². The van der Waals surface area contributed by atoms with Crippen molar-refractivity contribution in [3.05, 3.63) is 11.1 Å². The number of carbonyl (C=O) groups is 2. The molecule has 1 aromatic heterocycles. The highest BCUT2D eigenvalue weighted by molar-refractivity contribution is 7.13. The van der Waals surface area contributed by atoms with Crippen LogP contribution in [0.4, 0.5) is 9.93 Å². The van der Waals surface area contributed by atoms with Crippen molar-refractivity contribution in [2.24, 2.45) is 5.84 Å². The number of hydrogen-bond acceptors (Lipinski definition) is 6. The van der Waals surface area contributed by atoms with Crippen LogP contribution in [0.15, 0.2) is 5.38 Å². The van der Waals surface area contributed by atoms with Crippen LogP contribution in [0.3, 0.4) is 0 Å². The first-order valence-electron chi connectivity index (χ1n) is 5.65. The second-order valence-electron chi connectivity index (χ2n) is 3.96. The summed E-state index contributed by atoms with van der Waals surface area (Å²) in [6.07, 6.45) is -0.695. The molecule has 0 aromatic carbocycles. The van der Waals surface area contributed by atoms with E-state index in [0.717, 1.165) is 17.0 Å². The van der Waals surface area contributed by atoms with Crippen LogP contribution < -0.4 is 10.9 Å². The van der Waals surface area contributed by atoms with Crippen molar-refractivity contribution >= 4 is 28.5 Å². The van der Waals surface area contributed by atoms with Gasteiger partial charge in [0.1, 0.15) is 6.61 Å². The molecule has 2 amide bonds. The molecule has 1 aromatic rings. The van der Waals surface area contributed by atoms with Gasteiger partial charge in [-0.15, -0.1) is 11.3 Å². The van der Waals surface area contributed by atoms with E-state index in [1.54, 1.807) is 10.3 Å². The second kappa shape index (κ2) is 5.95. The number of aromatic nitrogens is 1. The number of ether oxygens (including phenoxy) is 1. The highest BCUT2D eigenvalue weighted by Gasteiger charge is 2.19. The number of amides is 2. The van der Waals surface area contributed by atoms with Gasteiger partial charge in [-0.25, -0.2) is 15.6 Å². The van der Waals surface area contributed by atoms with E-state index < -0.39 is 6.09 Å². The molecule has 1 aliphatic rings. The van der Waals surface area contributed by atoms with Crippen molar-refractivity contribution in [3.8, 4) is 0 Å². The molecular formula is C10H14N4O4S. The minimum Gasteiger partial charge on any atom is -0.464 e. The van der Waals surface area contributed by atoms with Crippen molar-refractivity contribution in [2.75, 3.05) is 31.3 Å². The highest BCUT2D eigenvalue weighted by Crippen LogP contribution is 2.18. The Morgan fingerprint density at radius 1 is 1.68 bits per heavy atom. The van der Waals surface area contributed by atoms with Gasteiger partial charge in [-0.2, -0.15) is 5.01 Å². The lowest BCUT2D eigenvalue weighted by Gasteiger charge is -2.26. The Hall–Kier alpha value is -1.71. The van der Waals surface area contributed by atoms with Crippen LogP contribution in [0, 0.1) is 0 Å². The fourth-order valence-electron chi connectivity index (χ4n) is 1.64. The average molecular weight is 286 g/mol. The molecule has 1 saturated heterocycles. The van der Waals surface area contributed by atoms with Crippen molar-refractivity contribution in [1.82, 2.24) is 9.88 Å². The quantitative estimate of drug-likeness (QED) is 0.454. The van der Waals surface area contributed by atoms with Gasteiger partial charge in [0.05, 0.1) is 12.3 Å². The fraction of sp³-hybridized carbons (Fsp3) is 0.500. The van der Waals surface area contributed by atoms with Crippen LogP contribution in [-0.2, 0) is 16.0 Å². The normalized spacial score (nSPS) is 15.6. The summed E-state index contributed by atoms with van der Waals surface area (Å²) in [5, 5.41) is 11.2. The minimum absolute atomic E-state index is 0.0345. The maximum Gasteiger partial charge on any atom is 0.428 e. The van der Waals surface area contributed by atoms with Crippen molar-refractivity contribution in [2.45, 2.75) is 6.42 Å². The number of nitrogens with zero attached hydrogens (tertiary/aromatic N) is 3. The monoisotopic (exact) mass is 286 g/mol. The van der Waals surface area contributed by atoms with Crippen LogP contribution in [-0.4, -0.2) is 53.3 Å². The number of nitrogens with two attached hydrogens (primary N) is 1. The lowest BCUT2D eigenvalue weighted by molar-refractivity contribution is -0.142. The summed E-state index contributed by atoms with van der Waals surface area (Å²) in [6.45, 7) is 1.79. The number of hydrogen-bond donors (Lipinski definition) is 2. The summed E-state index contributed by atoms with van der Waals surface area (Å²) in [7, 11) is 0. The van der Waals surface area contributed by atoms with E-state index in [0.29, 0.717) is 31.1 Å². The molecule has 19 heavy (non-hydrogen) atoms. The standard InChI is InChI=1S/C10H14N4O4S/c11-14(10(16)17)9-12-7(6-19-9)1-2-13-3-4-18-5-8(13)15/h6H,1-5,11H2,(H,16,17). The van der Waals surface area contributed by atoms with E-state index in [-0.39, 0.29) is 17.6 Å². The first-order valence-corrected chi connectivity index (χ1v) is 6.53. The van der Waals surface area contributed by atoms with Crippen molar-refractivity contribution in [1.29, 1.82) is 0 Å². The predicted octanol–water partition coefficient (Wildman–Crippen LogP) is -0.0975. The molecule has 2 rings (SSSR count). The maximum absolute atomic E-state index is 11.5. The molecular weight excluding hydrogens is 272 g/mol. The third kappa shape index (κ3) is 3.40. The summed E-state index contributed by atoms with van der Waals surface area (Å²) >= 11 is 1.15. The molecule has 0 saturated carbocycles. The zero-order valence-electron chi connectivity index (χ0n) is 10.1. The summed E-state index contributed by atoms with van der Waals surface area (Å²) in [5.74, 6) is 5.28. The van der Waals surface area contributed by atoms with Crippen LogP contribution in [0.25, 0.3) is 0 Å². The molecule has 1 aliphatic heterocycles. The lowest BCUT2D eigenvalue weighted by atomic mass is 10.3. The molecule has 0 atom stereocenters. The molecule has 3 N–H and O–H groups in total. The molecule has 0 unspecified atom stereocenters. The Labute approximate surface area is 113 Å². The summed E-state index contributed by atoms with van der Waals surface area (Å²) in [6, 6.07) is 0. The third-order valence-corrected chi connectivity index (χ3v) is 3.56. The topological polar surface area (TPSA) is 109 Å². The van der Waals surface area contributed by atoms with Crippen LogP contribution >= 0.6 is 11.3 Å². The average Bonchev–Trinajstić information content (AvgIpc) is 2.85. The van der Waals surface area contributed by atoms with Crippen molar-refractivity contribution < 1.29 is 19.4 Å². The number of hydrazine groups is 1.